The lowest BCUT2D eigenvalue weighted by Gasteiger charge is -2.08. The van der Waals surface area contributed by atoms with Gasteiger partial charge in [-0.25, -0.2) is 9.67 Å². The molecule has 0 saturated heterocycles. The molecule has 1 aliphatic rings. The van der Waals surface area contributed by atoms with Gasteiger partial charge in [-0.3, -0.25) is 4.79 Å². The van der Waals surface area contributed by atoms with E-state index in [2.05, 4.69) is 38.1 Å². The van der Waals surface area contributed by atoms with Crippen molar-refractivity contribution in [2.24, 2.45) is 0 Å². The highest BCUT2D eigenvalue weighted by Gasteiger charge is 2.45. The number of aromatic nitrogens is 3. The highest BCUT2D eigenvalue weighted by molar-refractivity contribution is 6.35. The molecular formula is C23H16Cl2N6O4. The summed E-state index contributed by atoms with van der Waals surface area (Å²) in [6.45, 7) is -0.110. The van der Waals surface area contributed by atoms with Crippen molar-refractivity contribution in [1.29, 1.82) is 5.26 Å². The van der Waals surface area contributed by atoms with Gasteiger partial charge in [-0.05, 0) is 55.3 Å². The number of hydrogen-bond acceptors (Lipinski definition) is 7. The van der Waals surface area contributed by atoms with Crippen LogP contribution in [0.3, 0.4) is 0 Å². The molecule has 1 aliphatic carbocycles. The molecule has 10 nitrogen and oxygen atoms in total. The molecule has 1 aromatic heterocycles. The van der Waals surface area contributed by atoms with E-state index in [1.807, 2.05) is 0 Å². The summed E-state index contributed by atoms with van der Waals surface area (Å²) in [4.78, 5) is 31.6. The normalized spacial score (nSPS) is 13.2. The minimum Gasteiger partial charge on any atom is -0.331 e. The molecule has 1 saturated carbocycles. The number of nitriles is 1. The molecule has 0 atom stereocenters. The summed E-state index contributed by atoms with van der Waals surface area (Å²) in [7, 11) is 0. The van der Waals surface area contributed by atoms with Crippen LogP contribution in [0.5, 0.6) is 0 Å². The summed E-state index contributed by atoms with van der Waals surface area (Å²) < 4.78 is 1.44. The van der Waals surface area contributed by atoms with Crippen LogP contribution in [0.15, 0.2) is 42.5 Å². The zero-order valence-electron chi connectivity index (χ0n) is 18.0. The van der Waals surface area contributed by atoms with Gasteiger partial charge in [0.2, 0.25) is 5.82 Å². The Morgan fingerprint density at radius 2 is 2.00 bits per heavy atom. The third-order valence-electron chi connectivity index (χ3n) is 5.06. The van der Waals surface area contributed by atoms with Crippen molar-refractivity contribution in [3.63, 3.8) is 0 Å². The van der Waals surface area contributed by atoms with Crippen LogP contribution in [0.4, 0.5) is 0 Å². The topological polar surface area (TPSA) is 136 Å². The van der Waals surface area contributed by atoms with Crippen LogP contribution in [-0.4, -0.2) is 37.9 Å². The maximum absolute atomic E-state index is 12.8. The van der Waals surface area contributed by atoms with Crippen LogP contribution < -0.4 is 5.32 Å². The van der Waals surface area contributed by atoms with E-state index in [-0.39, 0.29) is 18.9 Å². The summed E-state index contributed by atoms with van der Waals surface area (Å²) >= 11 is 12.4. The van der Waals surface area contributed by atoms with Crippen molar-refractivity contribution < 1.29 is 14.7 Å². The van der Waals surface area contributed by atoms with Gasteiger partial charge in [0, 0.05) is 22.6 Å². The largest absolute Gasteiger partial charge is 0.331 e. The van der Waals surface area contributed by atoms with Gasteiger partial charge in [0.25, 0.3) is 11.0 Å². The summed E-state index contributed by atoms with van der Waals surface area (Å²) in [5.41, 5.74) is 0.902. The first-order chi connectivity index (χ1) is 16.8. The zero-order valence-corrected chi connectivity index (χ0v) is 19.5. The molecule has 0 spiro atoms. The minimum absolute atomic E-state index is 0.109. The Balaban J connectivity index is 1.64. The van der Waals surface area contributed by atoms with E-state index in [0.717, 1.165) is 0 Å². The lowest BCUT2D eigenvalue weighted by atomic mass is 10.1. The number of hydrogen-bond donors (Lipinski definition) is 1. The highest BCUT2D eigenvalue weighted by atomic mass is 35.5. The van der Waals surface area contributed by atoms with Crippen molar-refractivity contribution in [3.05, 3.63) is 74.0 Å². The average Bonchev–Trinajstić information content (AvgIpc) is 3.46. The highest BCUT2D eigenvalue weighted by Crippen LogP contribution is 2.35. The maximum Gasteiger partial charge on any atom is 0.294 e. The summed E-state index contributed by atoms with van der Waals surface area (Å²) in [5, 5.41) is 26.4. The number of nitrogens with one attached hydrogen (secondary N) is 1. The Morgan fingerprint density at radius 1 is 1.26 bits per heavy atom. The van der Waals surface area contributed by atoms with Gasteiger partial charge >= 0.3 is 0 Å². The van der Waals surface area contributed by atoms with Crippen molar-refractivity contribution in [2.45, 2.75) is 24.8 Å². The molecule has 1 amide bonds. The van der Waals surface area contributed by atoms with Gasteiger partial charge in [-0.15, -0.1) is 15.2 Å². The van der Waals surface area contributed by atoms with Gasteiger partial charge < -0.3 is 10.2 Å². The number of nitrogens with zero attached hydrogens (tertiary/aromatic N) is 5. The quantitative estimate of drug-likeness (QED) is 0.219. The van der Waals surface area contributed by atoms with Gasteiger partial charge in [0.1, 0.15) is 12.1 Å². The molecule has 12 heteroatoms. The molecule has 1 heterocycles. The molecule has 0 unspecified atom stereocenters. The number of benzene rings is 2. The number of amides is 1. The molecule has 0 aliphatic heterocycles. The van der Waals surface area contributed by atoms with E-state index >= 15 is 0 Å². The van der Waals surface area contributed by atoms with E-state index < -0.39 is 16.5 Å². The Morgan fingerprint density at radius 3 is 2.63 bits per heavy atom. The molecule has 3 aromatic rings. The summed E-state index contributed by atoms with van der Waals surface area (Å²) in [6.07, 6.45) is 1.35. The van der Waals surface area contributed by atoms with E-state index in [0.29, 0.717) is 45.5 Å². The molecular weight excluding hydrogens is 495 g/mol. The SMILES string of the molecule is N#CC1(NC(=O)c2nc(-c3ccc(C#CCCO[N+](=O)[O-])cc3)n(-c3ccc(Cl)cc3Cl)n2)CC1. The molecule has 176 valence electrons. The van der Waals surface area contributed by atoms with E-state index in [1.165, 1.54) is 4.68 Å². The summed E-state index contributed by atoms with van der Waals surface area (Å²) in [6, 6.07) is 14.0. The predicted molar refractivity (Wildman–Crippen MR) is 126 cm³/mol. The zero-order chi connectivity index (χ0) is 25.0. The maximum atomic E-state index is 12.8. The molecule has 35 heavy (non-hydrogen) atoms. The van der Waals surface area contributed by atoms with Crippen LogP contribution in [0, 0.1) is 33.3 Å². The average molecular weight is 511 g/mol. The van der Waals surface area contributed by atoms with Crippen molar-refractivity contribution in [3.8, 4) is 35.0 Å². The third kappa shape index (κ3) is 5.69. The first-order valence-electron chi connectivity index (χ1n) is 10.3. The number of halogens is 2. The first-order valence-corrected chi connectivity index (χ1v) is 11.1. The number of carbonyl (C=O) groups excluding carboxylic acids is 1. The standard InChI is InChI=1S/C23H16Cl2N6O4/c24-17-8-9-19(18(25)13-17)30-21(27-20(29-30)22(32)28-23(14-26)10-11-23)16-6-4-15(5-7-16)3-1-2-12-35-31(33)34/h4-9,13H,2,10-12H2,(H,28,32). The molecule has 2 aromatic carbocycles. The van der Waals surface area contributed by atoms with Crippen LogP contribution in [0.2, 0.25) is 10.0 Å². The second-order valence-corrected chi connectivity index (χ2v) is 8.44. The second-order valence-electron chi connectivity index (χ2n) is 7.60. The number of rotatable bonds is 7. The Kier molecular flexibility index (Phi) is 6.87. The molecule has 4 rings (SSSR count). The first kappa shape index (κ1) is 24.0. The third-order valence-corrected chi connectivity index (χ3v) is 5.60. The fourth-order valence-electron chi connectivity index (χ4n) is 3.12. The van der Waals surface area contributed by atoms with E-state index in [9.17, 15) is 20.2 Å². The van der Waals surface area contributed by atoms with Crippen molar-refractivity contribution in [2.75, 3.05) is 6.61 Å². The van der Waals surface area contributed by atoms with Gasteiger partial charge in [0.15, 0.2) is 5.82 Å². The van der Waals surface area contributed by atoms with Gasteiger partial charge in [0.05, 0.1) is 16.8 Å². The van der Waals surface area contributed by atoms with Crippen LogP contribution in [0.1, 0.15) is 35.4 Å². The molecule has 1 fully saturated rings. The molecule has 0 radical (unpaired) electrons. The van der Waals surface area contributed by atoms with Gasteiger partial charge in [-0.1, -0.05) is 35.0 Å². The summed E-state index contributed by atoms with van der Waals surface area (Å²) in [5.74, 6) is 5.37. The van der Waals surface area contributed by atoms with Crippen LogP contribution in [-0.2, 0) is 4.84 Å². The van der Waals surface area contributed by atoms with Crippen LogP contribution in [0.25, 0.3) is 17.1 Å². The molecule has 1 N–H and O–H groups in total. The Hall–Kier alpha value is -4.12. The van der Waals surface area contributed by atoms with E-state index in [1.54, 1.807) is 42.5 Å². The van der Waals surface area contributed by atoms with Crippen LogP contribution >= 0.6 is 23.2 Å². The fraction of sp³-hybridized carbons (Fsp3) is 0.217. The number of carbonyl (C=O) groups is 1. The monoisotopic (exact) mass is 510 g/mol. The fourth-order valence-corrected chi connectivity index (χ4v) is 3.61. The van der Waals surface area contributed by atoms with Gasteiger partial charge in [-0.2, -0.15) is 5.26 Å². The van der Waals surface area contributed by atoms with Crippen molar-refractivity contribution >= 4 is 29.1 Å². The molecule has 0 bridgehead atoms. The van der Waals surface area contributed by atoms with Crippen molar-refractivity contribution in [1.82, 2.24) is 20.1 Å². The Bertz CT molecular complexity index is 1400. The smallest absolute Gasteiger partial charge is 0.294 e. The predicted octanol–water partition coefficient (Wildman–Crippen LogP) is 3.98. The lowest BCUT2D eigenvalue weighted by molar-refractivity contribution is -0.757. The minimum atomic E-state index is -0.869. The lowest BCUT2D eigenvalue weighted by Crippen LogP contribution is -2.36. The van der Waals surface area contributed by atoms with E-state index in [4.69, 9.17) is 23.2 Å². The Labute approximate surface area is 209 Å². The second kappa shape index (κ2) is 10.0.